The van der Waals surface area contributed by atoms with E-state index >= 15 is 0 Å². The van der Waals surface area contributed by atoms with Gasteiger partial charge in [0.25, 0.3) is 0 Å². The number of nitrogens with zero attached hydrogens (tertiary/aromatic N) is 1. The van der Waals surface area contributed by atoms with E-state index in [1.54, 1.807) is 0 Å². The Morgan fingerprint density at radius 3 is 2.44 bits per heavy atom. The third-order valence-electron chi connectivity index (χ3n) is 5.52. The summed E-state index contributed by atoms with van der Waals surface area (Å²) in [5.74, 6) is 0. The molecule has 2 atom stereocenters. The van der Waals surface area contributed by atoms with Crippen molar-refractivity contribution in [1.29, 1.82) is 0 Å². The predicted molar refractivity (Wildman–Crippen MR) is 112 cm³/mol. The van der Waals surface area contributed by atoms with Crippen LogP contribution in [0.5, 0.6) is 0 Å². The second kappa shape index (κ2) is 6.26. The largest absolute Gasteiger partial charge is 0.342 e. The molecule has 5 rings (SSSR count). The third kappa shape index (κ3) is 2.68. The van der Waals surface area contributed by atoms with E-state index < -0.39 is 0 Å². The second-order valence-electron chi connectivity index (χ2n) is 7.24. The van der Waals surface area contributed by atoms with E-state index in [9.17, 15) is 0 Å². The van der Waals surface area contributed by atoms with Gasteiger partial charge in [0.15, 0.2) is 6.23 Å². The highest BCUT2D eigenvalue weighted by Gasteiger charge is 2.36. The maximum Gasteiger partial charge on any atom is 0.155 e. The molecule has 0 aliphatic carbocycles. The summed E-state index contributed by atoms with van der Waals surface area (Å²) in [7, 11) is 0. The molecule has 0 bridgehead atoms. The molecule has 3 aromatic rings. The van der Waals surface area contributed by atoms with Gasteiger partial charge in [-0.3, -0.25) is 0 Å². The quantitative estimate of drug-likeness (QED) is 0.478. The number of fused-ring (bicyclic) bond motifs is 5. The van der Waals surface area contributed by atoms with Crippen molar-refractivity contribution in [2.24, 2.45) is 0 Å². The van der Waals surface area contributed by atoms with Gasteiger partial charge in [-0.2, -0.15) is 0 Å². The Kier molecular flexibility index (Phi) is 3.85. The van der Waals surface area contributed by atoms with Crippen molar-refractivity contribution in [2.75, 3.05) is 4.90 Å². The molecule has 2 unspecified atom stereocenters. The number of rotatable bonds is 1. The van der Waals surface area contributed by atoms with Crippen molar-refractivity contribution < 1.29 is 4.74 Å². The highest BCUT2D eigenvalue weighted by Crippen LogP contribution is 2.47. The lowest BCUT2D eigenvalue weighted by Gasteiger charge is -2.43. The van der Waals surface area contributed by atoms with Gasteiger partial charge in [-0.05, 0) is 66.4 Å². The van der Waals surface area contributed by atoms with E-state index in [2.05, 4.69) is 79.4 Å². The topological polar surface area (TPSA) is 12.5 Å². The Labute approximate surface area is 164 Å². The van der Waals surface area contributed by atoms with Crippen molar-refractivity contribution in [3.63, 3.8) is 0 Å². The van der Waals surface area contributed by atoms with E-state index in [0.717, 1.165) is 10.6 Å². The smallest absolute Gasteiger partial charge is 0.155 e. The number of halogens is 1. The minimum Gasteiger partial charge on any atom is -0.342 e. The van der Waals surface area contributed by atoms with Gasteiger partial charge in [-0.15, -0.1) is 0 Å². The molecule has 0 radical (unpaired) electrons. The summed E-state index contributed by atoms with van der Waals surface area (Å²) in [5.41, 5.74) is 8.49. The number of ether oxygens (including phenoxy) is 1. The molecule has 0 aromatic heterocycles. The van der Waals surface area contributed by atoms with Crippen molar-refractivity contribution in [3.8, 4) is 0 Å². The highest BCUT2D eigenvalue weighted by molar-refractivity contribution is 6.30. The molecule has 0 saturated heterocycles. The molecule has 3 heteroatoms. The fraction of sp³-hybridized carbons (Fsp3) is 0.167. The monoisotopic (exact) mass is 373 g/mol. The SMILES string of the molecule is Cc1cc2c(cc1C)N1c3ccccc3C=CC1OC2c1ccc(Cl)cc1. The van der Waals surface area contributed by atoms with E-state index in [1.165, 1.54) is 33.6 Å². The fourth-order valence-electron chi connectivity index (χ4n) is 3.98. The molecule has 0 spiro atoms. The molecule has 2 aliphatic heterocycles. The Morgan fingerprint density at radius 1 is 0.889 bits per heavy atom. The van der Waals surface area contributed by atoms with Crippen LogP contribution in [-0.2, 0) is 4.74 Å². The molecule has 3 aromatic carbocycles. The van der Waals surface area contributed by atoms with Crippen LogP contribution in [-0.4, -0.2) is 6.23 Å². The molecule has 0 saturated carbocycles. The first-order valence-electron chi connectivity index (χ1n) is 9.20. The molecule has 0 fully saturated rings. The van der Waals surface area contributed by atoms with Gasteiger partial charge in [-0.25, -0.2) is 0 Å². The van der Waals surface area contributed by atoms with Gasteiger partial charge < -0.3 is 9.64 Å². The number of aryl methyl sites for hydroxylation is 2. The lowest BCUT2D eigenvalue weighted by atomic mass is 9.92. The first-order chi connectivity index (χ1) is 13.1. The van der Waals surface area contributed by atoms with E-state index in [-0.39, 0.29) is 12.3 Å². The first kappa shape index (κ1) is 16.6. The maximum absolute atomic E-state index is 6.59. The van der Waals surface area contributed by atoms with E-state index in [1.807, 2.05) is 12.1 Å². The molecule has 2 heterocycles. The Bertz CT molecular complexity index is 1050. The Morgan fingerprint density at radius 2 is 1.63 bits per heavy atom. The van der Waals surface area contributed by atoms with Crippen molar-refractivity contribution in [3.05, 3.63) is 99.6 Å². The molecular weight excluding hydrogens is 354 g/mol. The second-order valence-corrected chi connectivity index (χ2v) is 7.68. The van der Waals surface area contributed by atoms with Crippen molar-refractivity contribution >= 4 is 29.1 Å². The zero-order valence-corrected chi connectivity index (χ0v) is 16.1. The number of para-hydroxylation sites is 1. The van der Waals surface area contributed by atoms with Crippen LogP contribution in [0.4, 0.5) is 11.4 Å². The number of hydrogen-bond acceptors (Lipinski definition) is 2. The average Bonchev–Trinajstić information content (AvgIpc) is 2.69. The van der Waals surface area contributed by atoms with Crippen LogP contribution in [0.15, 0.2) is 66.7 Å². The number of hydrogen-bond donors (Lipinski definition) is 0. The van der Waals surface area contributed by atoms with Gasteiger partial charge in [0.2, 0.25) is 0 Å². The van der Waals surface area contributed by atoms with E-state index in [4.69, 9.17) is 16.3 Å². The van der Waals surface area contributed by atoms with Crippen LogP contribution in [0.1, 0.15) is 33.9 Å². The Balaban J connectivity index is 1.72. The van der Waals surface area contributed by atoms with Crippen LogP contribution >= 0.6 is 11.6 Å². The molecule has 0 amide bonds. The lowest BCUT2D eigenvalue weighted by molar-refractivity contribution is 0.0302. The van der Waals surface area contributed by atoms with Crippen LogP contribution in [0.25, 0.3) is 6.08 Å². The molecule has 27 heavy (non-hydrogen) atoms. The molecule has 134 valence electrons. The average molecular weight is 374 g/mol. The van der Waals surface area contributed by atoms with Gasteiger partial charge >= 0.3 is 0 Å². The fourth-order valence-corrected chi connectivity index (χ4v) is 4.11. The number of benzene rings is 3. The summed E-state index contributed by atoms with van der Waals surface area (Å²) < 4.78 is 6.59. The lowest BCUT2D eigenvalue weighted by Crippen LogP contribution is -2.40. The van der Waals surface area contributed by atoms with Gasteiger partial charge in [-0.1, -0.05) is 54.1 Å². The molecular formula is C24H20ClNO. The van der Waals surface area contributed by atoms with Crippen LogP contribution in [0.3, 0.4) is 0 Å². The van der Waals surface area contributed by atoms with Crippen molar-refractivity contribution in [1.82, 2.24) is 0 Å². The third-order valence-corrected chi connectivity index (χ3v) is 5.78. The minimum absolute atomic E-state index is 0.118. The Hall–Kier alpha value is -2.55. The summed E-state index contributed by atoms with van der Waals surface area (Å²) in [6.07, 6.45) is 4.05. The van der Waals surface area contributed by atoms with E-state index in [0.29, 0.717) is 0 Å². The van der Waals surface area contributed by atoms with Gasteiger partial charge in [0.05, 0.1) is 11.4 Å². The van der Waals surface area contributed by atoms with Crippen LogP contribution in [0.2, 0.25) is 5.02 Å². The normalized spacial score (nSPS) is 20.0. The van der Waals surface area contributed by atoms with Crippen LogP contribution in [0, 0.1) is 13.8 Å². The highest BCUT2D eigenvalue weighted by atomic mass is 35.5. The molecule has 0 N–H and O–H groups in total. The summed E-state index contributed by atoms with van der Waals surface area (Å²) in [5, 5.41) is 0.739. The maximum atomic E-state index is 6.59. The summed E-state index contributed by atoms with van der Waals surface area (Å²) in [4.78, 5) is 2.31. The summed E-state index contributed by atoms with van der Waals surface area (Å²) in [6, 6.07) is 21.0. The predicted octanol–water partition coefficient (Wildman–Crippen LogP) is 6.57. The number of anilines is 2. The molecule has 2 aliphatic rings. The summed E-state index contributed by atoms with van der Waals surface area (Å²) >= 11 is 6.10. The van der Waals surface area contributed by atoms with Crippen molar-refractivity contribution in [2.45, 2.75) is 26.2 Å². The summed E-state index contributed by atoms with van der Waals surface area (Å²) in [6.45, 7) is 4.33. The van der Waals surface area contributed by atoms with Crippen LogP contribution < -0.4 is 4.90 Å². The van der Waals surface area contributed by atoms with Gasteiger partial charge in [0.1, 0.15) is 6.10 Å². The van der Waals surface area contributed by atoms with Gasteiger partial charge in [0, 0.05) is 10.6 Å². The standard InChI is InChI=1S/C24H20ClNO/c1-15-13-20-22(14-16(15)2)26-21-6-4-3-5-17(21)9-12-23(26)27-24(20)18-7-10-19(25)11-8-18/h3-14,23-24H,1-2H3. The zero-order chi connectivity index (χ0) is 18.5. The zero-order valence-electron chi connectivity index (χ0n) is 15.3. The first-order valence-corrected chi connectivity index (χ1v) is 9.58. The molecule has 2 nitrogen and oxygen atoms in total. The minimum atomic E-state index is -0.129.